The molecule has 1 saturated heterocycles. The molecule has 0 radical (unpaired) electrons. The lowest BCUT2D eigenvalue weighted by Crippen LogP contribution is -2.59. The van der Waals surface area contributed by atoms with Crippen molar-refractivity contribution in [1.29, 1.82) is 0 Å². The van der Waals surface area contributed by atoms with Crippen molar-refractivity contribution in [1.82, 2.24) is 30.2 Å². The predicted octanol–water partition coefficient (Wildman–Crippen LogP) is 2.88. The molecule has 1 aliphatic heterocycles. The Labute approximate surface area is 198 Å². The van der Waals surface area contributed by atoms with E-state index in [0.717, 1.165) is 41.5 Å². The lowest BCUT2D eigenvalue weighted by Gasteiger charge is -2.42. The highest BCUT2D eigenvalue weighted by Gasteiger charge is 2.37. The maximum atomic E-state index is 14.7. The molecule has 34 heavy (non-hydrogen) atoms. The second-order valence-corrected chi connectivity index (χ2v) is 9.24. The second-order valence-electron chi connectivity index (χ2n) is 9.24. The monoisotopic (exact) mass is 469 g/mol. The summed E-state index contributed by atoms with van der Waals surface area (Å²) in [5, 5.41) is 7.07. The molecule has 10 heteroatoms. The Kier molecular flexibility index (Phi) is 7.08. The van der Waals surface area contributed by atoms with Crippen LogP contribution in [0.1, 0.15) is 32.3 Å². The van der Waals surface area contributed by atoms with Crippen molar-refractivity contribution < 1.29 is 13.9 Å². The van der Waals surface area contributed by atoms with Gasteiger partial charge < -0.3 is 20.4 Å². The van der Waals surface area contributed by atoms with Crippen LogP contribution in [0, 0.1) is 12.7 Å². The molecule has 1 unspecified atom stereocenters. The van der Waals surface area contributed by atoms with E-state index in [4.69, 9.17) is 4.74 Å². The van der Waals surface area contributed by atoms with Gasteiger partial charge in [0.25, 0.3) is 0 Å². The first-order valence-electron chi connectivity index (χ1n) is 11.5. The Morgan fingerprint density at radius 1 is 1.35 bits per heavy atom. The first-order chi connectivity index (χ1) is 16.3. The third-order valence-electron chi connectivity index (χ3n) is 6.35. The minimum absolute atomic E-state index is 0.0519. The number of nitrogens with zero attached hydrogens (tertiary/aromatic N) is 4. The molecule has 0 aromatic carbocycles. The number of H-pyrrole nitrogens is 1. The van der Waals surface area contributed by atoms with Gasteiger partial charge in [-0.25, -0.2) is 19.3 Å². The summed E-state index contributed by atoms with van der Waals surface area (Å²) in [6.07, 6.45) is 6.52. The number of aryl methyl sites for hydroxylation is 1. The van der Waals surface area contributed by atoms with E-state index in [1.165, 1.54) is 6.20 Å². The second kappa shape index (κ2) is 10.0. The van der Waals surface area contributed by atoms with Crippen LogP contribution in [-0.4, -0.2) is 75.7 Å². The minimum atomic E-state index is -0.696. The summed E-state index contributed by atoms with van der Waals surface area (Å²) in [7, 11) is 1.60. The van der Waals surface area contributed by atoms with Gasteiger partial charge in [-0.2, -0.15) is 0 Å². The summed E-state index contributed by atoms with van der Waals surface area (Å²) >= 11 is 0. The van der Waals surface area contributed by atoms with Crippen molar-refractivity contribution >= 4 is 22.8 Å². The number of aromatic nitrogens is 4. The van der Waals surface area contributed by atoms with Gasteiger partial charge in [0, 0.05) is 49.6 Å². The summed E-state index contributed by atoms with van der Waals surface area (Å²) in [5.41, 5.74) is 1.83. The average molecular weight is 470 g/mol. The van der Waals surface area contributed by atoms with Crippen LogP contribution in [0.3, 0.4) is 0 Å². The number of hydrogen-bond donors (Lipinski definition) is 3. The number of fused-ring (bicyclic) bond motifs is 1. The number of rotatable bonds is 8. The summed E-state index contributed by atoms with van der Waals surface area (Å²) in [4.78, 5) is 31.1. The van der Waals surface area contributed by atoms with Crippen molar-refractivity contribution in [3.8, 4) is 11.4 Å². The zero-order chi connectivity index (χ0) is 24.3. The molecule has 182 valence electrons. The van der Waals surface area contributed by atoms with E-state index in [1.807, 2.05) is 26.8 Å². The van der Waals surface area contributed by atoms with Gasteiger partial charge in [0.1, 0.15) is 5.65 Å². The van der Waals surface area contributed by atoms with E-state index < -0.39 is 11.4 Å². The van der Waals surface area contributed by atoms with Crippen LogP contribution in [0.25, 0.3) is 22.4 Å². The molecule has 1 atom stereocenters. The van der Waals surface area contributed by atoms with Gasteiger partial charge in [-0.05, 0) is 51.8 Å². The van der Waals surface area contributed by atoms with E-state index in [0.29, 0.717) is 25.5 Å². The summed E-state index contributed by atoms with van der Waals surface area (Å²) < 4.78 is 19.7. The average Bonchev–Trinajstić information content (AvgIpc) is 3.24. The Morgan fingerprint density at radius 3 is 2.97 bits per heavy atom. The normalized spacial score (nSPS) is 17.1. The van der Waals surface area contributed by atoms with Gasteiger partial charge in [0.15, 0.2) is 17.5 Å². The number of amides is 1. The summed E-state index contributed by atoms with van der Waals surface area (Å²) in [5.74, 6) is 0.0257. The highest BCUT2D eigenvalue weighted by molar-refractivity contribution is 5.92. The number of carbonyl (C=O) groups is 1. The molecule has 0 aliphatic carbocycles. The number of ether oxygens (including phenoxy) is 1. The number of nitrogens with one attached hydrogen (secondary N) is 3. The predicted molar refractivity (Wildman–Crippen MR) is 129 cm³/mol. The molecule has 1 amide bonds. The van der Waals surface area contributed by atoms with Crippen LogP contribution >= 0.6 is 0 Å². The molecular formula is C24H32FN7O2. The SMILES string of the molecule is COCCNC(=O)C(C)(C)N1CCCC(Nc2nc(-c3c[nH]c4ncc(C)cc34)ncc2F)C1. The standard InChI is InChI=1S/C24H32FN7O2/c1-15-10-17-18(12-28-20(17)27-11-15)21-29-13-19(25)22(31-21)30-16-6-5-8-32(14-16)24(2,3)23(33)26-7-9-34-4/h10-13,16H,5-9,14H2,1-4H3,(H,26,33)(H,27,28)(H,29,30,31). The lowest BCUT2D eigenvalue weighted by molar-refractivity contribution is -0.132. The third kappa shape index (κ3) is 5.02. The number of anilines is 1. The highest BCUT2D eigenvalue weighted by atomic mass is 19.1. The van der Waals surface area contributed by atoms with Gasteiger partial charge in [-0.3, -0.25) is 9.69 Å². The number of likely N-dealkylation sites (tertiary alicyclic amines) is 1. The molecule has 4 rings (SSSR count). The van der Waals surface area contributed by atoms with E-state index in [9.17, 15) is 9.18 Å². The van der Waals surface area contributed by atoms with E-state index in [1.54, 1.807) is 19.5 Å². The van der Waals surface area contributed by atoms with E-state index in [-0.39, 0.29) is 17.8 Å². The molecule has 0 spiro atoms. The van der Waals surface area contributed by atoms with Crippen molar-refractivity contribution in [3.05, 3.63) is 36.0 Å². The van der Waals surface area contributed by atoms with Crippen molar-refractivity contribution in [3.63, 3.8) is 0 Å². The fourth-order valence-electron chi connectivity index (χ4n) is 4.31. The molecule has 1 aliphatic rings. The number of carbonyl (C=O) groups excluding carboxylic acids is 1. The number of halogens is 1. The summed E-state index contributed by atoms with van der Waals surface area (Å²) in [6, 6.07) is 1.95. The number of aromatic amines is 1. The molecule has 3 aromatic rings. The van der Waals surface area contributed by atoms with Crippen LogP contribution in [0.15, 0.2) is 24.7 Å². The van der Waals surface area contributed by atoms with Crippen LogP contribution in [0.2, 0.25) is 0 Å². The van der Waals surface area contributed by atoms with Crippen molar-refractivity contribution in [2.75, 3.05) is 38.7 Å². The Bertz CT molecular complexity index is 1160. The molecule has 0 saturated carbocycles. The Hall–Kier alpha value is -3.11. The van der Waals surface area contributed by atoms with Crippen LogP contribution in [0.4, 0.5) is 10.2 Å². The molecular weight excluding hydrogens is 437 g/mol. The van der Waals surface area contributed by atoms with Crippen molar-refractivity contribution in [2.24, 2.45) is 0 Å². The van der Waals surface area contributed by atoms with Gasteiger partial charge in [0.2, 0.25) is 5.91 Å². The van der Waals surface area contributed by atoms with Crippen molar-refractivity contribution in [2.45, 2.75) is 45.2 Å². The molecule has 3 aromatic heterocycles. The Morgan fingerprint density at radius 2 is 2.18 bits per heavy atom. The smallest absolute Gasteiger partial charge is 0.240 e. The van der Waals surface area contributed by atoms with Gasteiger partial charge in [-0.1, -0.05) is 0 Å². The van der Waals surface area contributed by atoms with Crippen LogP contribution < -0.4 is 10.6 Å². The van der Waals surface area contributed by atoms with E-state index >= 15 is 0 Å². The molecule has 1 fully saturated rings. The zero-order valence-electron chi connectivity index (χ0n) is 20.1. The fraction of sp³-hybridized carbons (Fsp3) is 0.500. The number of piperidine rings is 1. The van der Waals surface area contributed by atoms with Gasteiger partial charge >= 0.3 is 0 Å². The van der Waals surface area contributed by atoms with E-state index in [2.05, 4.69) is 35.5 Å². The third-order valence-corrected chi connectivity index (χ3v) is 6.35. The first kappa shape index (κ1) is 24.0. The summed E-state index contributed by atoms with van der Waals surface area (Å²) in [6.45, 7) is 8.11. The highest BCUT2D eigenvalue weighted by Crippen LogP contribution is 2.28. The van der Waals surface area contributed by atoms with Crippen LogP contribution in [-0.2, 0) is 9.53 Å². The first-order valence-corrected chi connectivity index (χ1v) is 11.5. The topological polar surface area (TPSA) is 108 Å². The largest absolute Gasteiger partial charge is 0.383 e. The van der Waals surface area contributed by atoms with Gasteiger partial charge in [-0.15, -0.1) is 0 Å². The van der Waals surface area contributed by atoms with Gasteiger partial charge in [0.05, 0.1) is 18.3 Å². The minimum Gasteiger partial charge on any atom is -0.383 e. The Balaban J connectivity index is 1.50. The fourth-order valence-corrected chi connectivity index (χ4v) is 4.31. The molecule has 4 heterocycles. The van der Waals surface area contributed by atoms with Crippen LogP contribution in [0.5, 0.6) is 0 Å². The maximum Gasteiger partial charge on any atom is 0.240 e. The quantitative estimate of drug-likeness (QED) is 0.436. The zero-order valence-corrected chi connectivity index (χ0v) is 20.1. The molecule has 9 nitrogen and oxygen atoms in total. The number of methoxy groups -OCH3 is 1. The lowest BCUT2D eigenvalue weighted by atomic mass is 9.95. The maximum absolute atomic E-state index is 14.7. The molecule has 3 N–H and O–H groups in total. The molecule has 0 bridgehead atoms. The number of pyridine rings is 1. The number of hydrogen-bond acceptors (Lipinski definition) is 7.